The van der Waals surface area contributed by atoms with Crippen LogP contribution in [0.1, 0.15) is 38.2 Å². The number of rotatable bonds is 6. The van der Waals surface area contributed by atoms with Crippen molar-refractivity contribution < 1.29 is 24.1 Å². The lowest BCUT2D eigenvalue weighted by molar-refractivity contribution is -0.200. The van der Waals surface area contributed by atoms with Crippen LogP contribution in [0.4, 0.5) is 0 Å². The third-order valence-electron chi connectivity index (χ3n) is 3.88. The fourth-order valence-corrected chi connectivity index (χ4v) is 2.74. The molecule has 0 spiro atoms. The van der Waals surface area contributed by atoms with E-state index in [1.165, 1.54) is 7.11 Å². The first kappa shape index (κ1) is 16.9. The lowest BCUT2D eigenvalue weighted by atomic mass is 9.88. The van der Waals surface area contributed by atoms with Crippen LogP contribution >= 0.6 is 0 Å². The summed E-state index contributed by atoms with van der Waals surface area (Å²) in [6.07, 6.45) is 2.46. The molecule has 0 radical (unpaired) electrons. The smallest absolute Gasteiger partial charge is 0.342 e. The normalized spacial score (nSPS) is 22.6. The van der Waals surface area contributed by atoms with E-state index >= 15 is 0 Å². The van der Waals surface area contributed by atoms with Crippen molar-refractivity contribution in [1.29, 1.82) is 0 Å². The van der Waals surface area contributed by atoms with Crippen molar-refractivity contribution in [1.82, 2.24) is 0 Å². The highest BCUT2D eigenvalue weighted by Crippen LogP contribution is 2.30. The molecule has 1 saturated heterocycles. The Balaban J connectivity index is 2.07. The number of methoxy groups -OCH3 is 1. The number of ether oxygens (including phenoxy) is 3. The van der Waals surface area contributed by atoms with Crippen LogP contribution in [0.2, 0.25) is 0 Å². The van der Waals surface area contributed by atoms with Crippen LogP contribution in [0, 0.1) is 0 Å². The first-order chi connectivity index (χ1) is 10.6. The second kappa shape index (κ2) is 7.72. The largest absolute Gasteiger partial charge is 0.467 e. The van der Waals surface area contributed by atoms with Crippen LogP contribution in [0.3, 0.4) is 0 Å². The van der Waals surface area contributed by atoms with Gasteiger partial charge in [-0.1, -0.05) is 30.3 Å². The van der Waals surface area contributed by atoms with Crippen molar-refractivity contribution in [3.63, 3.8) is 0 Å². The number of aliphatic hydroxyl groups is 1. The van der Waals surface area contributed by atoms with Gasteiger partial charge in [0, 0.05) is 13.0 Å². The predicted octanol–water partition coefficient (Wildman–Crippen LogP) is 2.37. The van der Waals surface area contributed by atoms with Gasteiger partial charge in [0.2, 0.25) is 0 Å². The second-order valence-electron chi connectivity index (χ2n) is 5.66. The summed E-state index contributed by atoms with van der Waals surface area (Å²) in [6.45, 7) is 2.52. The molecule has 1 heterocycles. The Morgan fingerprint density at radius 3 is 2.73 bits per heavy atom. The summed E-state index contributed by atoms with van der Waals surface area (Å²) in [4.78, 5) is 12.1. The molecule has 2 rings (SSSR count). The van der Waals surface area contributed by atoms with Crippen molar-refractivity contribution in [2.75, 3.05) is 13.7 Å². The maximum atomic E-state index is 12.1. The molecule has 5 heteroatoms. The van der Waals surface area contributed by atoms with Crippen LogP contribution in [0.5, 0.6) is 0 Å². The van der Waals surface area contributed by atoms with E-state index in [-0.39, 0.29) is 18.8 Å². The fourth-order valence-electron chi connectivity index (χ4n) is 2.74. The lowest BCUT2D eigenvalue weighted by Gasteiger charge is -2.31. The Bertz CT molecular complexity index is 469. The second-order valence-corrected chi connectivity index (χ2v) is 5.66. The zero-order valence-corrected chi connectivity index (χ0v) is 13.2. The van der Waals surface area contributed by atoms with E-state index in [4.69, 9.17) is 14.2 Å². The minimum atomic E-state index is -1.72. The SMILES string of the molecule is COC(=O)C(O)(CC(C)OC1CCCCO1)c1ccccc1. The van der Waals surface area contributed by atoms with Gasteiger partial charge in [-0.05, 0) is 31.7 Å². The van der Waals surface area contributed by atoms with Crippen LogP contribution in [-0.4, -0.2) is 37.2 Å². The first-order valence-electron chi connectivity index (χ1n) is 7.69. The Morgan fingerprint density at radius 2 is 2.14 bits per heavy atom. The van der Waals surface area contributed by atoms with Gasteiger partial charge in [0.05, 0.1) is 13.2 Å². The van der Waals surface area contributed by atoms with Gasteiger partial charge in [0.1, 0.15) is 0 Å². The molecule has 1 aliphatic heterocycles. The van der Waals surface area contributed by atoms with E-state index in [1.807, 2.05) is 13.0 Å². The average Bonchev–Trinajstić information content (AvgIpc) is 2.55. The topological polar surface area (TPSA) is 65.0 Å². The van der Waals surface area contributed by atoms with Gasteiger partial charge in [0.15, 0.2) is 11.9 Å². The molecule has 0 aromatic heterocycles. The van der Waals surface area contributed by atoms with Gasteiger partial charge in [-0.2, -0.15) is 0 Å². The van der Waals surface area contributed by atoms with Crippen molar-refractivity contribution in [2.24, 2.45) is 0 Å². The molecule has 1 fully saturated rings. The molecule has 22 heavy (non-hydrogen) atoms. The predicted molar refractivity (Wildman–Crippen MR) is 81.1 cm³/mol. The van der Waals surface area contributed by atoms with Crippen LogP contribution in [-0.2, 0) is 24.6 Å². The van der Waals surface area contributed by atoms with Crippen LogP contribution < -0.4 is 0 Å². The monoisotopic (exact) mass is 308 g/mol. The molecule has 1 N–H and O–H groups in total. The number of benzene rings is 1. The molecule has 1 aromatic rings. The molecule has 0 saturated carbocycles. The van der Waals surface area contributed by atoms with Crippen molar-refractivity contribution in [2.45, 2.75) is 50.6 Å². The number of hydrogen-bond acceptors (Lipinski definition) is 5. The minimum absolute atomic E-state index is 0.115. The third-order valence-corrected chi connectivity index (χ3v) is 3.88. The molecule has 3 atom stereocenters. The third kappa shape index (κ3) is 4.06. The standard InChI is InChI=1S/C17H24O5/c1-13(22-15-10-6-7-11-21-15)12-17(19,16(18)20-2)14-8-4-3-5-9-14/h3-5,8-9,13,15,19H,6-7,10-12H2,1-2H3. The summed E-state index contributed by atoms with van der Waals surface area (Å²) in [7, 11) is 1.27. The van der Waals surface area contributed by atoms with Gasteiger partial charge in [-0.15, -0.1) is 0 Å². The molecule has 0 amide bonds. The summed E-state index contributed by atoms with van der Waals surface area (Å²) >= 11 is 0. The van der Waals surface area contributed by atoms with E-state index in [9.17, 15) is 9.90 Å². The number of carbonyl (C=O) groups excluding carboxylic acids is 1. The van der Waals surface area contributed by atoms with Gasteiger partial charge in [-0.25, -0.2) is 4.79 Å². The zero-order valence-electron chi connectivity index (χ0n) is 13.2. The molecule has 0 aliphatic carbocycles. The minimum Gasteiger partial charge on any atom is -0.467 e. The number of esters is 1. The lowest BCUT2D eigenvalue weighted by Crippen LogP contribution is -2.41. The Labute approximate surface area is 131 Å². The molecular weight excluding hydrogens is 284 g/mol. The van der Waals surface area contributed by atoms with Gasteiger partial charge in [0.25, 0.3) is 0 Å². The summed E-state index contributed by atoms with van der Waals surface area (Å²) in [5.41, 5.74) is -1.22. The fraction of sp³-hybridized carbons (Fsp3) is 0.588. The van der Waals surface area contributed by atoms with Crippen molar-refractivity contribution in [3.05, 3.63) is 35.9 Å². The Morgan fingerprint density at radius 1 is 1.41 bits per heavy atom. The van der Waals surface area contributed by atoms with Gasteiger partial charge in [-0.3, -0.25) is 0 Å². The quantitative estimate of drug-likeness (QED) is 0.817. The summed E-state index contributed by atoms with van der Waals surface area (Å²) in [5.74, 6) is -0.682. The molecule has 3 unspecified atom stereocenters. The van der Waals surface area contributed by atoms with E-state index in [0.717, 1.165) is 19.3 Å². The van der Waals surface area contributed by atoms with E-state index in [2.05, 4.69) is 0 Å². The highest BCUT2D eigenvalue weighted by atomic mass is 16.7. The van der Waals surface area contributed by atoms with Gasteiger partial charge >= 0.3 is 5.97 Å². The highest BCUT2D eigenvalue weighted by molar-refractivity contribution is 5.81. The highest BCUT2D eigenvalue weighted by Gasteiger charge is 2.41. The molecule has 0 bridgehead atoms. The van der Waals surface area contributed by atoms with E-state index in [1.54, 1.807) is 24.3 Å². The molecular formula is C17H24O5. The molecule has 1 aromatic carbocycles. The molecule has 5 nitrogen and oxygen atoms in total. The maximum absolute atomic E-state index is 12.1. The summed E-state index contributed by atoms with van der Waals surface area (Å²) in [5, 5.41) is 10.9. The van der Waals surface area contributed by atoms with Gasteiger partial charge < -0.3 is 19.3 Å². The average molecular weight is 308 g/mol. The Kier molecular flexibility index (Phi) is 5.94. The number of carbonyl (C=O) groups is 1. The summed E-state index contributed by atoms with van der Waals surface area (Å²) in [6, 6.07) is 8.80. The van der Waals surface area contributed by atoms with Crippen LogP contribution in [0.15, 0.2) is 30.3 Å². The van der Waals surface area contributed by atoms with Crippen molar-refractivity contribution >= 4 is 5.97 Å². The maximum Gasteiger partial charge on any atom is 0.342 e. The molecule has 122 valence electrons. The van der Waals surface area contributed by atoms with Crippen LogP contribution in [0.25, 0.3) is 0 Å². The van der Waals surface area contributed by atoms with Crippen molar-refractivity contribution in [3.8, 4) is 0 Å². The van der Waals surface area contributed by atoms with E-state index in [0.29, 0.717) is 12.2 Å². The molecule has 1 aliphatic rings. The van der Waals surface area contributed by atoms with E-state index < -0.39 is 11.6 Å². The zero-order chi connectivity index (χ0) is 16.0. The summed E-state index contributed by atoms with van der Waals surface area (Å²) < 4.78 is 16.1. The number of hydrogen-bond donors (Lipinski definition) is 1. The first-order valence-corrected chi connectivity index (χ1v) is 7.69. The Hall–Kier alpha value is -1.43.